The van der Waals surface area contributed by atoms with E-state index in [0.717, 1.165) is 57.0 Å². The van der Waals surface area contributed by atoms with Crippen LogP contribution in [0.4, 0.5) is 21.6 Å². The molecule has 2 saturated heterocycles. The van der Waals surface area contributed by atoms with E-state index in [2.05, 4.69) is 68.2 Å². The van der Waals surface area contributed by atoms with E-state index in [-0.39, 0.29) is 74.9 Å². The second-order valence-corrected chi connectivity index (χ2v) is 25.7. The highest BCUT2D eigenvalue weighted by Crippen LogP contribution is 2.54. The summed E-state index contributed by atoms with van der Waals surface area (Å²) in [5, 5.41) is 25.4. The number of nitrogens with one attached hydrogen (secondary N) is 3. The van der Waals surface area contributed by atoms with E-state index in [9.17, 15) is 41.2 Å². The maximum Gasteiger partial charge on any atom is 0.312 e. The van der Waals surface area contributed by atoms with Gasteiger partial charge in [-0.05, 0) is 119 Å². The summed E-state index contributed by atoms with van der Waals surface area (Å²) in [6.45, 7) is 11.3. The number of carbonyl (C=O) groups excluding carboxylic acids is 1. The SMILES string of the molecule is CCOc1nc2[nH]cc(F)c2cc1Oc1cc(N2CCC3(CC2)CC(N2CCN(S(=O)(=O)C4CC4)C[C@H]2c2ccccc2C(C)C)C3)ccc1C(=O)NS(=O)(=O)c1cnc(NCC2CCC(C)(O)CC2)c([N+](=O)[O-])c1. The monoisotopic (exact) mass is 1070 g/mol. The van der Waals surface area contributed by atoms with Gasteiger partial charge in [0, 0.05) is 81.4 Å². The normalized spacial score (nSPS) is 22.8. The van der Waals surface area contributed by atoms with Crippen molar-refractivity contribution < 1.29 is 45.5 Å². The summed E-state index contributed by atoms with van der Waals surface area (Å²) in [7, 11) is -8.11. The van der Waals surface area contributed by atoms with Gasteiger partial charge < -0.3 is 29.8 Å². The van der Waals surface area contributed by atoms with Gasteiger partial charge in [0.1, 0.15) is 22.1 Å². The van der Waals surface area contributed by atoms with Crippen molar-refractivity contribution >= 4 is 54.2 Å². The molecule has 402 valence electrons. The topological polar surface area (TPSA) is 243 Å². The number of fused-ring (bicyclic) bond motifs is 1. The van der Waals surface area contributed by atoms with Crippen molar-refractivity contribution in [2.45, 2.75) is 126 Å². The summed E-state index contributed by atoms with van der Waals surface area (Å²) in [5.74, 6) is -1.54. The van der Waals surface area contributed by atoms with E-state index in [0.29, 0.717) is 76.7 Å². The number of nitrogens with zero attached hydrogens (tertiary/aromatic N) is 6. The molecular weight excluding hydrogens is 1010 g/mol. The first kappa shape index (κ1) is 52.5. The Kier molecular flexibility index (Phi) is 14.4. The van der Waals surface area contributed by atoms with Crippen LogP contribution in [0.25, 0.3) is 11.0 Å². The largest absolute Gasteiger partial charge is 0.475 e. The number of aromatic amines is 1. The number of pyridine rings is 2. The van der Waals surface area contributed by atoms with Gasteiger partial charge in [-0.15, -0.1) is 0 Å². The van der Waals surface area contributed by atoms with Crippen LogP contribution in [0.1, 0.15) is 125 Å². The highest BCUT2D eigenvalue weighted by Gasteiger charge is 2.52. The average Bonchev–Trinajstić information content (AvgIpc) is 4.19. The Morgan fingerprint density at radius 1 is 0.987 bits per heavy atom. The number of ether oxygens (including phenoxy) is 2. The minimum absolute atomic E-state index is 0.000915. The first-order valence-electron chi connectivity index (χ1n) is 26.1. The molecule has 1 amide bonds. The molecule has 3 saturated carbocycles. The predicted molar refractivity (Wildman–Crippen MR) is 281 cm³/mol. The smallest absolute Gasteiger partial charge is 0.312 e. The van der Waals surface area contributed by atoms with E-state index in [1.165, 1.54) is 23.3 Å². The van der Waals surface area contributed by atoms with Crippen molar-refractivity contribution in [1.29, 1.82) is 0 Å². The predicted octanol–water partition coefficient (Wildman–Crippen LogP) is 8.39. The zero-order valence-electron chi connectivity index (χ0n) is 42.8. The van der Waals surface area contributed by atoms with Crippen LogP contribution in [0, 0.1) is 27.3 Å². The van der Waals surface area contributed by atoms with Gasteiger partial charge >= 0.3 is 5.69 Å². The number of amides is 1. The summed E-state index contributed by atoms with van der Waals surface area (Å²) in [5.41, 5.74) is 1.84. The van der Waals surface area contributed by atoms with Crippen LogP contribution in [0.5, 0.6) is 17.4 Å². The number of sulfonamides is 2. The number of piperazine rings is 1. The Balaban J connectivity index is 0.873. The fourth-order valence-electron chi connectivity index (χ4n) is 11.7. The zero-order valence-corrected chi connectivity index (χ0v) is 44.4. The van der Waals surface area contributed by atoms with Crippen LogP contribution in [0.3, 0.4) is 0 Å². The maximum atomic E-state index is 15.0. The number of rotatable bonds is 17. The third-order valence-electron chi connectivity index (χ3n) is 16.2. The molecule has 5 aliphatic rings. The molecule has 2 aliphatic heterocycles. The molecule has 0 bridgehead atoms. The molecule has 5 heterocycles. The molecule has 19 nitrogen and oxygen atoms in total. The number of carbonyl (C=O) groups is 1. The maximum absolute atomic E-state index is 15.0. The number of hydrogen-bond donors (Lipinski definition) is 4. The molecule has 3 aromatic heterocycles. The molecule has 5 aromatic rings. The summed E-state index contributed by atoms with van der Waals surface area (Å²) < 4.78 is 85.8. The number of anilines is 2. The summed E-state index contributed by atoms with van der Waals surface area (Å²) in [4.78, 5) is 41.1. The van der Waals surface area contributed by atoms with Crippen molar-refractivity contribution in [3.8, 4) is 17.4 Å². The van der Waals surface area contributed by atoms with Crippen LogP contribution in [-0.4, -0.2) is 120 Å². The second kappa shape index (κ2) is 20.5. The van der Waals surface area contributed by atoms with Gasteiger partial charge in [0.05, 0.1) is 39.5 Å². The molecule has 0 radical (unpaired) electrons. The molecule has 2 aromatic carbocycles. The first-order valence-corrected chi connectivity index (χ1v) is 29.1. The minimum atomic E-state index is -4.76. The molecule has 22 heteroatoms. The van der Waals surface area contributed by atoms with Gasteiger partial charge in [0.25, 0.3) is 21.8 Å². The lowest BCUT2D eigenvalue weighted by molar-refractivity contribution is -0.384. The molecule has 3 aliphatic carbocycles. The Bertz CT molecular complexity index is 3200. The van der Waals surface area contributed by atoms with Crippen LogP contribution in [-0.2, 0) is 20.0 Å². The molecule has 0 unspecified atom stereocenters. The Labute approximate surface area is 436 Å². The zero-order chi connectivity index (χ0) is 53.0. The van der Waals surface area contributed by atoms with Crippen molar-refractivity contribution in [3.63, 3.8) is 0 Å². The highest BCUT2D eigenvalue weighted by molar-refractivity contribution is 7.90. The van der Waals surface area contributed by atoms with Crippen molar-refractivity contribution in [1.82, 2.24) is 28.9 Å². The van der Waals surface area contributed by atoms with Gasteiger partial charge in [0.15, 0.2) is 5.75 Å². The van der Waals surface area contributed by atoms with Gasteiger partial charge in [-0.2, -0.15) is 9.29 Å². The van der Waals surface area contributed by atoms with Crippen LogP contribution >= 0.6 is 0 Å². The van der Waals surface area contributed by atoms with Gasteiger partial charge in [0.2, 0.25) is 15.8 Å². The van der Waals surface area contributed by atoms with Crippen LogP contribution in [0.15, 0.2) is 71.9 Å². The third kappa shape index (κ3) is 10.9. The molecule has 1 spiro atoms. The lowest BCUT2D eigenvalue weighted by Gasteiger charge is -2.58. The molecule has 1 atom stereocenters. The number of aliphatic hydroxyl groups is 1. The van der Waals surface area contributed by atoms with E-state index >= 15 is 0 Å². The fraction of sp³-hybridized carbons (Fsp3) is 0.528. The highest BCUT2D eigenvalue weighted by atomic mass is 32.2. The van der Waals surface area contributed by atoms with E-state index < -0.39 is 52.9 Å². The molecule has 75 heavy (non-hydrogen) atoms. The average molecular weight is 1070 g/mol. The second-order valence-electron chi connectivity index (χ2n) is 21.8. The molecular formula is C53H66FN9O10S2. The number of aromatic nitrogens is 3. The molecule has 5 fully saturated rings. The van der Waals surface area contributed by atoms with Crippen molar-refractivity contribution in [2.75, 3.05) is 56.1 Å². The van der Waals surface area contributed by atoms with E-state index in [1.54, 1.807) is 30.3 Å². The van der Waals surface area contributed by atoms with Gasteiger partial charge in [-0.25, -0.2) is 30.9 Å². The molecule has 10 rings (SSSR count). The summed E-state index contributed by atoms with van der Waals surface area (Å²) in [6, 6.07) is 15.7. The Hall–Kier alpha value is -5.94. The number of benzene rings is 2. The van der Waals surface area contributed by atoms with Gasteiger partial charge in [-0.1, -0.05) is 38.1 Å². The summed E-state index contributed by atoms with van der Waals surface area (Å²) in [6.07, 6.45) is 9.83. The minimum Gasteiger partial charge on any atom is -0.475 e. The standard InChI is InChI=1S/C53H66FN9O10S2/c1-5-72-51-47(26-42-43(54)31-57-48(42)58-51)73-46-24-35(10-13-41(46)50(64)59-74(68,69)38-25-44(63(66)67)49(56-30-38)55-29-34-14-16-52(4,65)17-15-34)60-20-18-53(19-21-60)27-36(28-53)62-23-22-61(75(70,71)37-11-12-37)32-45(62)40-9-7-6-8-39(40)33(2)3/h6-10,13,24-26,30-31,33-34,36-37,45,65H,5,11-12,14-23,27-29,32H2,1-4H3,(H,55,56)(H,57,58)(H,59,64)/t34?,45-,52?/m0/s1. The lowest BCUT2D eigenvalue weighted by atomic mass is 9.59. The van der Waals surface area contributed by atoms with E-state index in [4.69, 9.17) is 9.47 Å². The Morgan fingerprint density at radius 2 is 1.72 bits per heavy atom. The summed E-state index contributed by atoms with van der Waals surface area (Å²) >= 11 is 0. The van der Waals surface area contributed by atoms with Crippen LogP contribution in [0.2, 0.25) is 0 Å². The third-order valence-corrected chi connectivity index (χ3v) is 19.9. The number of H-pyrrole nitrogens is 1. The Morgan fingerprint density at radius 3 is 2.41 bits per heavy atom. The van der Waals surface area contributed by atoms with Crippen LogP contribution < -0.4 is 24.4 Å². The van der Waals surface area contributed by atoms with Crippen molar-refractivity contribution in [3.05, 3.63) is 99.6 Å². The number of halogens is 1. The first-order chi connectivity index (χ1) is 35.7. The van der Waals surface area contributed by atoms with E-state index in [1.807, 2.05) is 4.72 Å². The fourth-order valence-corrected chi connectivity index (χ4v) is 14.5. The number of hydrogen-bond acceptors (Lipinski definition) is 15. The molecule has 4 N–H and O–H groups in total. The van der Waals surface area contributed by atoms with Crippen molar-refractivity contribution in [2.24, 2.45) is 11.3 Å². The lowest BCUT2D eigenvalue weighted by Crippen LogP contribution is -2.60. The quantitative estimate of drug-likeness (QED) is 0.0505. The number of piperidine rings is 1. The number of nitro groups is 1. The van der Waals surface area contributed by atoms with Gasteiger partial charge in [-0.3, -0.25) is 19.8 Å².